The average molecular weight is 587 g/mol. The van der Waals surface area contributed by atoms with Crippen LogP contribution in [-0.2, 0) is 35.1 Å². The summed E-state index contributed by atoms with van der Waals surface area (Å²) in [6.07, 6.45) is 3.16. The van der Waals surface area contributed by atoms with Crippen molar-refractivity contribution >= 4 is 29.6 Å². The summed E-state index contributed by atoms with van der Waals surface area (Å²) in [6, 6.07) is 5.51. The molecule has 0 bridgehead atoms. The van der Waals surface area contributed by atoms with E-state index < -0.39 is 59.9 Å². The molecule has 0 aliphatic carbocycles. The topological polar surface area (TPSA) is 143 Å². The van der Waals surface area contributed by atoms with Crippen LogP contribution in [0.4, 0.5) is 0 Å². The molecule has 0 spiro atoms. The number of rotatable bonds is 10. The first-order chi connectivity index (χ1) is 19.9. The van der Waals surface area contributed by atoms with Crippen LogP contribution < -0.4 is 21.3 Å². The Hall–Kier alpha value is -3.43. The first kappa shape index (κ1) is 34.8. The van der Waals surface area contributed by atoms with Crippen LogP contribution in [0.1, 0.15) is 92.1 Å². The highest BCUT2D eigenvalue weighted by molar-refractivity contribution is 5.95. The Kier molecular flexibility index (Phi) is 14.5. The van der Waals surface area contributed by atoms with E-state index in [1.165, 1.54) is 6.92 Å². The molecular formula is C32H50N4O6. The van der Waals surface area contributed by atoms with E-state index in [0.29, 0.717) is 19.3 Å². The SMILES string of the molecule is CCCCC[C@@H]1CC(=O)N[C@@H](Cc2ccccc2)C(=O)N[C@H](CC(C)C)C(=O)N[C@H](C)C(=O)N[C@@H](CC(C)C)C(=O)O1. The maximum Gasteiger partial charge on any atom is 0.328 e. The summed E-state index contributed by atoms with van der Waals surface area (Å²) < 4.78 is 5.83. The van der Waals surface area contributed by atoms with Gasteiger partial charge in [-0.25, -0.2) is 4.79 Å². The number of ether oxygens (including phenoxy) is 1. The van der Waals surface area contributed by atoms with Gasteiger partial charge in [-0.2, -0.15) is 0 Å². The predicted octanol–water partition coefficient (Wildman–Crippen LogP) is 3.18. The second-order valence-electron chi connectivity index (χ2n) is 12.2. The van der Waals surface area contributed by atoms with E-state index in [4.69, 9.17) is 4.74 Å². The predicted molar refractivity (Wildman–Crippen MR) is 161 cm³/mol. The summed E-state index contributed by atoms with van der Waals surface area (Å²) in [7, 11) is 0. The summed E-state index contributed by atoms with van der Waals surface area (Å²) in [5.74, 6) is -2.47. The molecule has 1 heterocycles. The zero-order chi connectivity index (χ0) is 31.2. The van der Waals surface area contributed by atoms with Crippen molar-refractivity contribution in [2.24, 2.45) is 11.8 Å². The van der Waals surface area contributed by atoms with Gasteiger partial charge in [0.05, 0.1) is 6.42 Å². The molecule has 2 rings (SSSR count). The fourth-order valence-electron chi connectivity index (χ4n) is 4.93. The highest BCUT2D eigenvalue weighted by Crippen LogP contribution is 2.16. The number of unbranched alkanes of at least 4 members (excludes halogenated alkanes) is 2. The number of benzene rings is 1. The average Bonchev–Trinajstić information content (AvgIpc) is 2.91. The van der Waals surface area contributed by atoms with Crippen molar-refractivity contribution in [3.05, 3.63) is 35.9 Å². The lowest BCUT2D eigenvalue weighted by Crippen LogP contribution is -2.58. The van der Waals surface area contributed by atoms with Gasteiger partial charge in [-0.05, 0) is 50.0 Å². The van der Waals surface area contributed by atoms with Gasteiger partial charge in [0, 0.05) is 6.42 Å². The van der Waals surface area contributed by atoms with Crippen LogP contribution in [0.3, 0.4) is 0 Å². The fourth-order valence-corrected chi connectivity index (χ4v) is 4.93. The van der Waals surface area contributed by atoms with Gasteiger partial charge in [0.2, 0.25) is 23.6 Å². The first-order valence-electron chi connectivity index (χ1n) is 15.3. The molecule has 1 aliphatic rings. The van der Waals surface area contributed by atoms with Crippen molar-refractivity contribution in [3.8, 4) is 0 Å². The van der Waals surface area contributed by atoms with Gasteiger partial charge in [-0.15, -0.1) is 0 Å². The van der Waals surface area contributed by atoms with Crippen molar-refractivity contribution in [3.63, 3.8) is 0 Å². The van der Waals surface area contributed by atoms with E-state index in [2.05, 4.69) is 28.2 Å². The number of esters is 1. The Bertz CT molecular complexity index is 1040. The highest BCUT2D eigenvalue weighted by Gasteiger charge is 2.33. The van der Waals surface area contributed by atoms with E-state index in [9.17, 15) is 24.0 Å². The number of hydrogen-bond donors (Lipinski definition) is 4. The number of carbonyl (C=O) groups excluding carboxylic acids is 5. The summed E-state index contributed by atoms with van der Waals surface area (Å²) >= 11 is 0. The molecule has 0 saturated carbocycles. The second-order valence-corrected chi connectivity index (χ2v) is 12.2. The van der Waals surface area contributed by atoms with Gasteiger partial charge < -0.3 is 26.0 Å². The number of nitrogens with one attached hydrogen (secondary N) is 4. The van der Waals surface area contributed by atoms with Gasteiger partial charge >= 0.3 is 5.97 Å². The lowest BCUT2D eigenvalue weighted by molar-refractivity contribution is -0.155. The van der Waals surface area contributed by atoms with Gasteiger partial charge in [0.15, 0.2) is 0 Å². The number of amides is 4. The Morgan fingerprint density at radius 3 is 1.98 bits per heavy atom. The van der Waals surface area contributed by atoms with Crippen molar-refractivity contribution in [2.45, 2.75) is 123 Å². The molecule has 42 heavy (non-hydrogen) atoms. The molecule has 5 atom stereocenters. The summed E-state index contributed by atoms with van der Waals surface area (Å²) in [5.41, 5.74) is 0.838. The Balaban J connectivity index is 2.45. The van der Waals surface area contributed by atoms with Crippen LogP contribution in [-0.4, -0.2) is 59.9 Å². The van der Waals surface area contributed by atoms with Crippen molar-refractivity contribution in [1.29, 1.82) is 0 Å². The van der Waals surface area contributed by atoms with Gasteiger partial charge in [-0.1, -0.05) is 77.8 Å². The van der Waals surface area contributed by atoms with E-state index in [1.54, 1.807) is 0 Å². The van der Waals surface area contributed by atoms with Crippen molar-refractivity contribution < 1.29 is 28.7 Å². The maximum absolute atomic E-state index is 13.6. The summed E-state index contributed by atoms with van der Waals surface area (Å²) in [4.78, 5) is 66.6. The van der Waals surface area contributed by atoms with Crippen molar-refractivity contribution in [1.82, 2.24) is 21.3 Å². The summed E-state index contributed by atoms with van der Waals surface area (Å²) in [5, 5.41) is 11.1. The molecule has 0 unspecified atom stereocenters. The molecule has 1 aromatic rings. The summed E-state index contributed by atoms with van der Waals surface area (Å²) in [6.45, 7) is 11.3. The molecule has 1 fully saturated rings. The van der Waals surface area contributed by atoms with Crippen LogP contribution in [0.2, 0.25) is 0 Å². The Morgan fingerprint density at radius 2 is 1.36 bits per heavy atom. The number of cyclic esters (lactones) is 1. The molecule has 0 aromatic heterocycles. The normalized spacial score (nSPS) is 25.0. The lowest BCUT2D eigenvalue weighted by Gasteiger charge is -2.28. The van der Waals surface area contributed by atoms with Crippen LogP contribution in [0.15, 0.2) is 30.3 Å². The standard InChI is InChI=1S/C32H50N4O6/c1-7-8-10-15-24-19-28(37)34-26(18-23-13-11-9-12-14-23)31(40)35-25(16-20(2)3)30(39)33-22(6)29(38)36-27(17-21(4)5)32(41)42-24/h9,11-14,20-22,24-27H,7-8,10,15-19H2,1-6H3,(H,33,39)(H,34,37)(H,35,40)(H,36,38)/t22-,24-,25-,26+,27+/m1/s1. The van der Waals surface area contributed by atoms with Crippen molar-refractivity contribution in [2.75, 3.05) is 0 Å². The lowest BCUT2D eigenvalue weighted by atomic mass is 10.00. The molecule has 1 aromatic carbocycles. The molecule has 10 heteroatoms. The van der Waals surface area contributed by atoms with Gasteiger partial charge in [-0.3, -0.25) is 19.2 Å². The van der Waals surface area contributed by atoms with Crippen LogP contribution in [0.5, 0.6) is 0 Å². The number of carbonyl (C=O) groups is 5. The quantitative estimate of drug-likeness (QED) is 0.245. The minimum Gasteiger partial charge on any atom is -0.460 e. The number of hydrogen-bond acceptors (Lipinski definition) is 6. The zero-order valence-electron chi connectivity index (χ0n) is 26.0. The Labute approximate surface area is 250 Å². The molecule has 1 saturated heterocycles. The maximum atomic E-state index is 13.6. The second kappa shape index (κ2) is 17.5. The van der Waals surface area contributed by atoms with Gasteiger partial charge in [0.25, 0.3) is 0 Å². The van der Waals surface area contributed by atoms with E-state index in [0.717, 1.165) is 24.8 Å². The monoisotopic (exact) mass is 586 g/mol. The Morgan fingerprint density at radius 1 is 0.762 bits per heavy atom. The third-order valence-electron chi connectivity index (χ3n) is 7.16. The van der Waals surface area contributed by atoms with Crippen LogP contribution >= 0.6 is 0 Å². The minimum absolute atomic E-state index is 0.0621. The molecule has 4 N–H and O–H groups in total. The smallest absolute Gasteiger partial charge is 0.328 e. The highest BCUT2D eigenvalue weighted by atomic mass is 16.5. The minimum atomic E-state index is -0.961. The molecular weight excluding hydrogens is 536 g/mol. The third kappa shape index (κ3) is 12.2. The molecule has 10 nitrogen and oxygen atoms in total. The van der Waals surface area contributed by atoms with Crippen LogP contribution in [0, 0.1) is 11.8 Å². The van der Waals surface area contributed by atoms with E-state index >= 15 is 0 Å². The van der Waals surface area contributed by atoms with Gasteiger partial charge in [0.1, 0.15) is 30.3 Å². The largest absolute Gasteiger partial charge is 0.460 e. The van der Waals surface area contributed by atoms with E-state index in [1.807, 2.05) is 58.0 Å². The molecule has 0 radical (unpaired) electrons. The van der Waals surface area contributed by atoms with E-state index in [-0.39, 0.29) is 24.7 Å². The molecule has 1 aliphatic heterocycles. The molecule has 4 amide bonds. The zero-order valence-corrected chi connectivity index (χ0v) is 26.0. The third-order valence-corrected chi connectivity index (χ3v) is 7.16. The van der Waals surface area contributed by atoms with Crippen LogP contribution in [0.25, 0.3) is 0 Å². The fraction of sp³-hybridized carbons (Fsp3) is 0.656. The molecule has 234 valence electrons. The first-order valence-corrected chi connectivity index (χ1v) is 15.3.